The maximum absolute atomic E-state index is 12.3. The Labute approximate surface area is 167 Å². The quantitative estimate of drug-likeness (QED) is 0.384. The molecule has 1 aliphatic heterocycles. The van der Waals surface area contributed by atoms with Gasteiger partial charge in [0.05, 0.1) is 12.2 Å². The van der Waals surface area contributed by atoms with E-state index in [-0.39, 0.29) is 29.9 Å². The van der Waals surface area contributed by atoms with Gasteiger partial charge in [-0.05, 0) is 31.7 Å². The van der Waals surface area contributed by atoms with Crippen molar-refractivity contribution in [3.63, 3.8) is 0 Å². The second kappa shape index (κ2) is 11.3. The lowest BCUT2D eigenvalue weighted by Crippen LogP contribution is -2.42. The molecule has 142 valence electrons. The largest absolute Gasteiger partial charge is 0.357 e. The zero-order valence-corrected chi connectivity index (χ0v) is 17.8. The number of aryl methyl sites for hydroxylation is 1. The first-order valence-corrected chi connectivity index (χ1v) is 8.87. The monoisotopic (exact) mass is 462 g/mol. The number of aromatic nitrogens is 2. The van der Waals surface area contributed by atoms with Crippen molar-refractivity contribution in [2.45, 2.75) is 39.7 Å². The number of aliphatic imine (C=N–C) groups is 1. The summed E-state index contributed by atoms with van der Waals surface area (Å²) in [6.45, 7) is 7.98. The summed E-state index contributed by atoms with van der Waals surface area (Å²) in [6, 6.07) is 1.95. The van der Waals surface area contributed by atoms with E-state index in [9.17, 15) is 4.79 Å². The predicted molar refractivity (Wildman–Crippen MR) is 111 cm³/mol. The molecule has 0 saturated carbocycles. The van der Waals surface area contributed by atoms with Gasteiger partial charge in [0.15, 0.2) is 5.96 Å². The number of rotatable bonds is 6. The summed E-state index contributed by atoms with van der Waals surface area (Å²) in [6.07, 6.45) is 4.62. The van der Waals surface area contributed by atoms with Crippen molar-refractivity contribution in [3.05, 3.63) is 18.0 Å². The van der Waals surface area contributed by atoms with E-state index in [1.807, 2.05) is 29.6 Å². The SMILES string of the molecule is CCNC(=NCc1ccnn1C)NCCC(=O)N1CCCC(C)C1.I. The van der Waals surface area contributed by atoms with Crippen LogP contribution in [-0.4, -0.2) is 52.7 Å². The van der Waals surface area contributed by atoms with Crippen LogP contribution >= 0.6 is 24.0 Å². The minimum absolute atomic E-state index is 0. The highest BCUT2D eigenvalue weighted by Crippen LogP contribution is 2.15. The van der Waals surface area contributed by atoms with Crippen molar-refractivity contribution in [1.29, 1.82) is 0 Å². The number of carbonyl (C=O) groups is 1. The van der Waals surface area contributed by atoms with E-state index in [0.29, 0.717) is 25.4 Å². The third kappa shape index (κ3) is 7.21. The molecule has 0 bridgehead atoms. The topological polar surface area (TPSA) is 74.5 Å². The molecule has 1 saturated heterocycles. The molecule has 1 amide bonds. The summed E-state index contributed by atoms with van der Waals surface area (Å²) >= 11 is 0. The normalized spacial score (nSPS) is 17.8. The van der Waals surface area contributed by atoms with E-state index < -0.39 is 0 Å². The molecule has 25 heavy (non-hydrogen) atoms. The van der Waals surface area contributed by atoms with E-state index >= 15 is 0 Å². The smallest absolute Gasteiger partial charge is 0.224 e. The van der Waals surface area contributed by atoms with Crippen LogP contribution in [0.5, 0.6) is 0 Å². The Hall–Kier alpha value is -1.32. The molecule has 1 fully saturated rings. The number of nitrogens with one attached hydrogen (secondary N) is 2. The van der Waals surface area contributed by atoms with E-state index in [1.165, 1.54) is 6.42 Å². The average Bonchev–Trinajstić information content (AvgIpc) is 2.97. The molecular weight excluding hydrogens is 431 g/mol. The number of nitrogens with zero attached hydrogens (tertiary/aromatic N) is 4. The molecule has 0 spiro atoms. The number of guanidine groups is 1. The standard InChI is InChI=1S/C17H30N6O.HI/c1-4-18-17(20-12-15-7-10-21-22(15)3)19-9-8-16(24)23-11-5-6-14(2)13-23;/h7,10,14H,4-6,8-9,11-13H2,1-3H3,(H2,18,19,20);1H. The summed E-state index contributed by atoms with van der Waals surface area (Å²) in [5.74, 6) is 1.59. The van der Waals surface area contributed by atoms with Crippen molar-refractivity contribution in [3.8, 4) is 0 Å². The van der Waals surface area contributed by atoms with Crippen molar-refractivity contribution < 1.29 is 4.79 Å². The van der Waals surface area contributed by atoms with E-state index in [0.717, 1.165) is 37.7 Å². The van der Waals surface area contributed by atoms with E-state index in [2.05, 4.69) is 27.6 Å². The number of halogens is 1. The maximum atomic E-state index is 12.3. The van der Waals surface area contributed by atoms with Gasteiger partial charge >= 0.3 is 0 Å². The van der Waals surface area contributed by atoms with Gasteiger partial charge in [-0.3, -0.25) is 9.48 Å². The zero-order chi connectivity index (χ0) is 17.4. The summed E-state index contributed by atoms with van der Waals surface area (Å²) < 4.78 is 1.81. The van der Waals surface area contributed by atoms with Crippen molar-refractivity contribution in [2.75, 3.05) is 26.2 Å². The number of likely N-dealkylation sites (tertiary alicyclic amines) is 1. The fourth-order valence-electron chi connectivity index (χ4n) is 2.92. The average molecular weight is 462 g/mol. The van der Waals surface area contributed by atoms with Gasteiger partial charge in [0.1, 0.15) is 0 Å². The van der Waals surface area contributed by atoms with Crippen LogP contribution < -0.4 is 10.6 Å². The Kier molecular flexibility index (Phi) is 9.84. The van der Waals surface area contributed by atoms with Gasteiger partial charge in [0.25, 0.3) is 0 Å². The van der Waals surface area contributed by atoms with E-state index in [1.54, 1.807) is 6.20 Å². The van der Waals surface area contributed by atoms with Gasteiger partial charge in [-0.1, -0.05) is 6.92 Å². The van der Waals surface area contributed by atoms with Crippen LogP contribution in [0.15, 0.2) is 17.3 Å². The molecule has 2 heterocycles. The van der Waals surface area contributed by atoms with Crippen molar-refractivity contribution in [2.24, 2.45) is 18.0 Å². The summed E-state index contributed by atoms with van der Waals surface area (Å²) in [4.78, 5) is 18.8. The van der Waals surface area contributed by atoms with Crippen molar-refractivity contribution >= 4 is 35.8 Å². The molecule has 8 heteroatoms. The fourth-order valence-corrected chi connectivity index (χ4v) is 2.92. The zero-order valence-electron chi connectivity index (χ0n) is 15.5. The molecule has 2 rings (SSSR count). The fraction of sp³-hybridized carbons (Fsp3) is 0.706. The van der Waals surface area contributed by atoms with Gasteiger partial charge in [0.2, 0.25) is 5.91 Å². The number of hydrogen-bond acceptors (Lipinski definition) is 3. The Balaban J connectivity index is 0.00000312. The molecule has 1 atom stereocenters. The van der Waals surface area contributed by atoms with Gasteiger partial charge in [-0.15, -0.1) is 24.0 Å². The Morgan fingerprint density at radius 3 is 2.88 bits per heavy atom. The number of piperidine rings is 1. The first-order valence-electron chi connectivity index (χ1n) is 8.87. The first kappa shape index (κ1) is 21.7. The van der Waals surface area contributed by atoms with Gasteiger partial charge in [-0.2, -0.15) is 5.10 Å². The molecule has 1 aromatic rings. The molecule has 1 aromatic heterocycles. The Morgan fingerprint density at radius 2 is 2.24 bits per heavy atom. The molecule has 0 aromatic carbocycles. The summed E-state index contributed by atoms with van der Waals surface area (Å²) in [5.41, 5.74) is 1.05. The Bertz CT molecular complexity index is 559. The highest BCUT2D eigenvalue weighted by Gasteiger charge is 2.20. The lowest BCUT2D eigenvalue weighted by atomic mass is 10.00. The lowest BCUT2D eigenvalue weighted by Gasteiger charge is -2.31. The van der Waals surface area contributed by atoms with Crippen LogP contribution in [0.2, 0.25) is 0 Å². The molecule has 0 radical (unpaired) electrons. The summed E-state index contributed by atoms with van der Waals surface area (Å²) in [5, 5.41) is 10.6. The highest BCUT2D eigenvalue weighted by atomic mass is 127. The third-order valence-electron chi connectivity index (χ3n) is 4.31. The minimum atomic E-state index is 0. The van der Waals surface area contributed by atoms with Crippen LogP contribution in [0.1, 0.15) is 38.8 Å². The highest BCUT2D eigenvalue weighted by molar-refractivity contribution is 14.0. The van der Waals surface area contributed by atoms with E-state index in [4.69, 9.17) is 0 Å². The maximum Gasteiger partial charge on any atom is 0.224 e. The first-order chi connectivity index (χ1) is 11.6. The molecule has 2 N–H and O–H groups in total. The third-order valence-corrected chi connectivity index (χ3v) is 4.31. The molecule has 7 nitrogen and oxygen atoms in total. The molecule has 1 aliphatic rings. The Morgan fingerprint density at radius 1 is 1.44 bits per heavy atom. The van der Waals surface area contributed by atoms with Gasteiger partial charge in [0, 0.05) is 45.8 Å². The van der Waals surface area contributed by atoms with Gasteiger partial charge < -0.3 is 15.5 Å². The van der Waals surface area contributed by atoms with Crippen LogP contribution in [0.4, 0.5) is 0 Å². The van der Waals surface area contributed by atoms with Crippen LogP contribution in [0.3, 0.4) is 0 Å². The molecule has 1 unspecified atom stereocenters. The molecular formula is C17H31IN6O. The number of carbonyl (C=O) groups excluding carboxylic acids is 1. The minimum Gasteiger partial charge on any atom is -0.357 e. The summed E-state index contributed by atoms with van der Waals surface area (Å²) in [7, 11) is 1.91. The lowest BCUT2D eigenvalue weighted by molar-refractivity contribution is -0.132. The van der Waals surface area contributed by atoms with Crippen LogP contribution in [0.25, 0.3) is 0 Å². The number of hydrogen-bond donors (Lipinski definition) is 2. The van der Waals surface area contributed by atoms with Gasteiger partial charge in [-0.25, -0.2) is 4.99 Å². The van der Waals surface area contributed by atoms with Crippen molar-refractivity contribution in [1.82, 2.24) is 25.3 Å². The van der Waals surface area contributed by atoms with Crippen LogP contribution in [0, 0.1) is 5.92 Å². The number of amides is 1. The predicted octanol–water partition coefficient (Wildman–Crippen LogP) is 1.74. The molecule has 0 aliphatic carbocycles. The second-order valence-electron chi connectivity index (χ2n) is 6.41. The second-order valence-corrected chi connectivity index (χ2v) is 6.41. The van der Waals surface area contributed by atoms with Crippen LogP contribution in [-0.2, 0) is 18.4 Å².